The van der Waals surface area contributed by atoms with E-state index in [0.29, 0.717) is 6.42 Å². The summed E-state index contributed by atoms with van der Waals surface area (Å²) >= 11 is 2.22. The van der Waals surface area contributed by atoms with E-state index in [9.17, 15) is 9.59 Å². The predicted octanol–water partition coefficient (Wildman–Crippen LogP) is 3.35. The number of carbonyl (C=O) groups excluding carboxylic acids is 2. The lowest BCUT2D eigenvalue weighted by Crippen LogP contribution is -2.43. The topological polar surface area (TPSA) is 68.3 Å². The summed E-state index contributed by atoms with van der Waals surface area (Å²) in [5, 5.41) is 3.69. The number of methoxy groups -OCH3 is 1. The molecule has 26 heavy (non-hydrogen) atoms. The average Bonchev–Trinajstić information content (AvgIpc) is 2.68. The summed E-state index contributed by atoms with van der Waals surface area (Å²) in [6.45, 7) is 0. The molecule has 0 saturated heterocycles. The largest absolute Gasteiger partial charge is 0.467 e. The van der Waals surface area contributed by atoms with Gasteiger partial charge in [-0.05, 0) is 52.4 Å². The Morgan fingerprint density at radius 1 is 1.08 bits per heavy atom. The van der Waals surface area contributed by atoms with Crippen molar-refractivity contribution in [2.24, 2.45) is 0 Å². The summed E-state index contributed by atoms with van der Waals surface area (Å²) < 4.78 is 5.94. The van der Waals surface area contributed by atoms with Crippen molar-refractivity contribution in [3.63, 3.8) is 0 Å². The highest BCUT2D eigenvalue weighted by atomic mass is 127. The Hall–Kier alpha value is -2.48. The maximum Gasteiger partial charge on any atom is 0.328 e. The molecule has 0 radical (unpaired) electrons. The second-order valence-electron chi connectivity index (χ2n) is 5.77. The lowest BCUT2D eigenvalue weighted by Gasteiger charge is -2.16. The number of fused-ring (bicyclic) bond motifs is 1. The van der Waals surface area contributed by atoms with E-state index in [4.69, 9.17) is 4.74 Å². The zero-order chi connectivity index (χ0) is 18.5. The molecule has 0 aliphatic carbocycles. The van der Waals surface area contributed by atoms with Crippen molar-refractivity contribution >= 4 is 45.4 Å². The number of hydrogen-bond acceptors (Lipinski definition) is 4. The summed E-state index contributed by atoms with van der Waals surface area (Å²) in [4.78, 5) is 29.1. The molecule has 1 N–H and O–H groups in total. The minimum atomic E-state index is -0.777. The Kier molecular flexibility index (Phi) is 5.82. The normalized spacial score (nSPS) is 11.8. The van der Waals surface area contributed by atoms with Gasteiger partial charge in [-0.25, -0.2) is 9.78 Å². The summed E-state index contributed by atoms with van der Waals surface area (Å²) in [5.74, 6) is -0.894. The van der Waals surface area contributed by atoms with Crippen LogP contribution in [-0.2, 0) is 16.0 Å². The average molecular weight is 460 g/mol. The summed E-state index contributed by atoms with van der Waals surface area (Å²) in [7, 11) is 1.31. The highest BCUT2D eigenvalue weighted by Crippen LogP contribution is 2.13. The second kappa shape index (κ2) is 8.27. The molecule has 2 aromatic carbocycles. The zero-order valence-electron chi connectivity index (χ0n) is 14.1. The number of carbonyl (C=O) groups is 2. The molecule has 5 nitrogen and oxygen atoms in total. The number of benzene rings is 2. The van der Waals surface area contributed by atoms with E-state index in [-0.39, 0.29) is 5.69 Å². The number of halogens is 1. The summed E-state index contributed by atoms with van der Waals surface area (Å²) in [6.07, 6.45) is 0.350. The van der Waals surface area contributed by atoms with Crippen molar-refractivity contribution in [2.75, 3.05) is 7.11 Å². The number of rotatable bonds is 5. The Bertz CT molecular complexity index is 941. The number of hydrogen-bond donors (Lipinski definition) is 1. The molecule has 3 rings (SSSR count). The molecular formula is C20H17IN2O3. The van der Waals surface area contributed by atoms with E-state index in [1.807, 2.05) is 54.6 Å². The van der Waals surface area contributed by atoms with Crippen LogP contribution in [0.1, 0.15) is 16.1 Å². The van der Waals surface area contributed by atoms with Crippen LogP contribution < -0.4 is 5.32 Å². The van der Waals surface area contributed by atoms with Crippen LogP contribution in [0.4, 0.5) is 0 Å². The molecule has 0 bridgehead atoms. The SMILES string of the molecule is COC(=O)[C@@H](Cc1ccc(I)cc1)NC(=O)c1ccc2ccccc2n1. The van der Waals surface area contributed by atoms with Gasteiger partial charge in [-0.15, -0.1) is 0 Å². The highest BCUT2D eigenvalue weighted by Gasteiger charge is 2.23. The van der Waals surface area contributed by atoms with Crippen LogP contribution in [0.3, 0.4) is 0 Å². The second-order valence-corrected chi connectivity index (χ2v) is 7.01. The Labute approximate surface area is 164 Å². The van der Waals surface area contributed by atoms with Crippen LogP contribution in [0.15, 0.2) is 60.7 Å². The van der Waals surface area contributed by atoms with Gasteiger partial charge in [0.2, 0.25) is 0 Å². The van der Waals surface area contributed by atoms with Crippen LogP contribution in [0.2, 0.25) is 0 Å². The number of amides is 1. The number of para-hydroxylation sites is 1. The molecule has 1 atom stereocenters. The van der Waals surface area contributed by atoms with Crippen LogP contribution in [-0.4, -0.2) is 30.0 Å². The van der Waals surface area contributed by atoms with Gasteiger partial charge < -0.3 is 10.1 Å². The van der Waals surface area contributed by atoms with E-state index < -0.39 is 17.9 Å². The van der Waals surface area contributed by atoms with Gasteiger partial charge in [-0.1, -0.05) is 36.4 Å². The summed E-state index contributed by atoms with van der Waals surface area (Å²) in [5.41, 5.74) is 1.93. The minimum Gasteiger partial charge on any atom is -0.467 e. The number of pyridine rings is 1. The molecule has 0 fully saturated rings. The van der Waals surface area contributed by atoms with Gasteiger partial charge >= 0.3 is 5.97 Å². The Morgan fingerprint density at radius 2 is 1.81 bits per heavy atom. The fourth-order valence-electron chi connectivity index (χ4n) is 2.62. The first kappa shape index (κ1) is 18.3. The van der Waals surface area contributed by atoms with Gasteiger partial charge in [0.05, 0.1) is 12.6 Å². The molecule has 132 valence electrons. The molecule has 3 aromatic rings. The third-order valence-electron chi connectivity index (χ3n) is 3.98. The molecule has 1 aromatic heterocycles. The zero-order valence-corrected chi connectivity index (χ0v) is 16.3. The fraction of sp³-hybridized carbons (Fsp3) is 0.150. The van der Waals surface area contributed by atoms with Crippen LogP contribution >= 0.6 is 22.6 Å². The lowest BCUT2D eigenvalue weighted by molar-refractivity contribution is -0.142. The first-order valence-corrected chi connectivity index (χ1v) is 9.13. The minimum absolute atomic E-state index is 0.264. The Morgan fingerprint density at radius 3 is 2.54 bits per heavy atom. The number of nitrogens with one attached hydrogen (secondary N) is 1. The number of ether oxygens (including phenoxy) is 1. The van der Waals surface area contributed by atoms with E-state index in [0.717, 1.165) is 20.0 Å². The maximum atomic E-state index is 12.6. The predicted molar refractivity (Wildman–Crippen MR) is 108 cm³/mol. The van der Waals surface area contributed by atoms with Crippen molar-refractivity contribution in [1.29, 1.82) is 0 Å². The third kappa shape index (κ3) is 4.37. The van der Waals surface area contributed by atoms with E-state index in [1.54, 1.807) is 6.07 Å². The quantitative estimate of drug-likeness (QED) is 0.469. The smallest absolute Gasteiger partial charge is 0.328 e. The van der Waals surface area contributed by atoms with Gasteiger partial charge in [0, 0.05) is 15.4 Å². The first-order chi connectivity index (χ1) is 12.6. The Balaban J connectivity index is 1.79. The van der Waals surface area contributed by atoms with Gasteiger partial charge in [-0.2, -0.15) is 0 Å². The molecule has 6 heteroatoms. The highest BCUT2D eigenvalue weighted by molar-refractivity contribution is 14.1. The van der Waals surface area contributed by atoms with Gasteiger partial charge in [0.15, 0.2) is 0 Å². The van der Waals surface area contributed by atoms with Gasteiger partial charge in [0.25, 0.3) is 5.91 Å². The van der Waals surface area contributed by atoms with Crippen molar-refractivity contribution in [1.82, 2.24) is 10.3 Å². The molecule has 1 heterocycles. The number of nitrogens with zero attached hydrogens (tertiary/aromatic N) is 1. The monoisotopic (exact) mass is 460 g/mol. The van der Waals surface area contributed by atoms with E-state index >= 15 is 0 Å². The fourth-order valence-corrected chi connectivity index (χ4v) is 2.98. The summed E-state index contributed by atoms with van der Waals surface area (Å²) in [6, 6.07) is 18.0. The number of aromatic nitrogens is 1. The first-order valence-electron chi connectivity index (χ1n) is 8.06. The van der Waals surface area contributed by atoms with Crippen molar-refractivity contribution in [3.05, 3.63) is 75.5 Å². The van der Waals surface area contributed by atoms with Crippen molar-refractivity contribution < 1.29 is 14.3 Å². The van der Waals surface area contributed by atoms with Crippen LogP contribution in [0, 0.1) is 3.57 Å². The van der Waals surface area contributed by atoms with E-state index in [2.05, 4.69) is 32.9 Å². The molecule has 0 saturated carbocycles. The number of esters is 1. The van der Waals surface area contributed by atoms with Crippen LogP contribution in [0.5, 0.6) is 0 Å². The van der Waals surface area contributed by atoms with Crippen LogP contribution in [0.25, 0.3) is 10.9 Å². The van der Waals surface area contributed by atoms with Gasteiger partial charge in [-0.3, -0.25) is 4.79 Å². The standard InChI is InChI=1S/C20H17IN2O3/c1-26-20(25)18(12-13-6-9-15(21)10-7-13)23-19(24)17-11-8-14-4-2-3-5-16(14)22-17/h2-11,18H,12H2,1H3,(H,23,24)/t18-/m1/s1. The van der Waals surface area contributed by atoms with Crippen molar-refractivity contribution in [3.8, 4) is 0 Å². The molecule has 0 spiro atoms. The maximum absolute atomic E-state index is 12.6. The van der Waals surface area contributed by atoms with Gasteiger partial charge in [0.1, 0.15) is 11.7 Å². The lowest BCUT2D eigenvalue weighted by atomic mass is 10.1. The molecule has 0 aliphatic rings. The molecule has 0 aliphatic heterocycles. The van der Waals surface area contributed by atoms with E-state index in [1.165, 1.54) is 7.11 Å². The third-order valence-corrected chi connectivity index (χ3v) is 4.69. The molecule has 1 amide bonds. The molecular weight excluding hydrogens is 443 g/mol. The molecule has 0 unspecified atom stereocenters. The van der Waals surface area contributed by atoms with Crippen molar-refractivity contribution in [2.45, 2.75) is 12.5 Å².